The zero-order valence-corrected chi connectivity index (χ0v) is 15.5. The minimum atomic E-state index is -0.260. The SMILES string of the molecule is COc1ccccc1NC(=O)c1c(C)oc2ncnc(N3CCCCC3)c12. The molecule has 7 heteroatoms. The van der Waals surface area contributed by atoms with E-state index in [0.29, 0.717) is 33.9 Å². The number of aromatic nitrogens is 2. The molecule has 3 aromatic rings. The Bertz CT molecular complexity index is 977. The number of para-hydroxylation sites is 2. The van der Waals surface area contributed by atoms with Crippen LogP contribution in [0, 0.1) is 6.92 Å². The maximum Gasteiger partial charge on any atom is 0.260 e. The lowest BCUT2D eigenvalue weighted by Crippen LogP contribution is -2.30. The van der Waals surface area contributed by atoms with Crippen LogP contribution in [-0.4, -0.2) is 36.1 Å². The van der Waals surface area contributed by atoms with Crippen molar-refractivity contribution in [2.24, 2.45) is 0 Å². The molecule has 3 heterocycles. The molecule has 1 aliphatic rings. The van der Waals surface area contributed by atoms with Gasteiger partial charge in [-0.15, -0.1) is 0 Å². The summed E-state index contributed by atoms with van der Waals surface area (Å²) in [5.74, 6) is 1.63. The zero-order valence-electron chi connectivity index (χ0n) is 15.5. The van der Waals surface area contributed by atoms with E-state index in [2.05, 4.69) is 20.2 Å². The Morgan fingerprint density at radius 2 is 1.96 bits per heavy atom. The van der Waals surface area contributed by atoms with Crippen molar-refractivity contribution >= 4 is 28.5 Å². The van der Waals surface area contributed by atoms with Crippen molar-refractivity contribution in [3.63, 3.8) is 0 Å². The largest absolute Gasteiger partial charge is 0.495 e. The number of nitrogens with zero attached hydrogens (tertiary/aromatic N) is 3. The van der Waals surface area contributed by atoms with Crippen molar-refractivity contribution in [2.75, 3.05) is 30.4 Å². The number of amides is 1. The molecule has 0 radical (unpaired) electrons. The molecule has 0 spiro atoms. The number of aryl methyl sites for hydroxylation is 1. The number of rotatable bonds is 4. The van der Waals surface area contributed by atoms with E-state index in [4.69, 9.17) is 9.15 Å². The monoisotopic (exact) mass is 366 g/mol. The highest BCUT2D eigenvalue weighted by atomic mass is 16.5. The molecule has 27 heavy (non-hydrogen) atoms. The van der Waals surface area contributed by atoms with E-state index in [1.807, 2.05) is 12.1 Å². The fourth-order valence-electron chi connectivity index (χ4n) is 3.58. The number of hydrogen-bond acceptors (Lipinski definition) is 6. The van der Waals surface area contributed by atoms with E-state index in [1.165, 1.54) is 12.7 Å². The van der Waals surface area contributed by atoms with Crippen molar-refractivity contribution in [1.82, 2.24) is 9.97 Å². The van der Waals surface area contributed by atoms with Crippen LogP contribution in [0.2, 0.25) is 0 Å². The Balaban J connectivity index is 1.76. The molecule has 0 unspecified atom stereocenters. The van der Waals surface area contributed by atoms with Gasteiger partial charge in [-0.1, -0.05) is 12.1 Å². The van der Waals surface area contributed by atoms with Crippen LogP contribution in [0.15, 0.2) is 35.0 Å². The van der Waals surface area contributed by atoms with Crippen molar-refractivity contribution in [3.05, 3.63) is 41.9 Å². The third-order valence-corrected chi connectivity index (χ3v) is 4.88. The number of nitrogens with one attached hydrogen (secondary N) is 1. The van der Waals surface area contributed by atoms with Crippen LogP contribution in [0.25, 0.3) is 11.1 Å². The number of furan rings is 1. The lowest BCUT2D eigenvalue weighted by molar-refractivity contribution is 0.102. The second-order valence-corrected chi connectivity index (χ2v) is 6.61. The van der Waals surface area contributed by atoms with Crippen LogP contribution in [0.3, 0.4) is 0 Å². The van der Waals surface area contributed by atoms with Gasteiger partial charge in [0.15, 0.2) is 0 Å². The van der Waals surface area contributed by atoms with Crippen LogP contribution in [0.5, 0.6) is 5.75 Å². The molecule has 1 amide bonds. The highest BCUT2D eigenvalue weighted by Gasteiger charge is 2.26. The van der Waals surface area contributed by atoms with Gasteiger partial charge in [-0.2, -0.15) is 0 Å². The van der Waals surface area contributed by atoms with Crippen LogP contribution >= 0.6 is 0 Å². The fraction of sp³-hybridized carbons (Fsp3) is 0.350. The van der Waals surface area contributed by atoms with Gasteiger partial charge in [-0.05, 0) is 38.3 Å². The van der Waals surface area contributed by atoms with Gasteiger partial charge >= 0.3 is 0 Å². The van der Waals surface area contributed by atoms with Gasteiger partial charge in [-0.3, -0.25) is 4.79 Å². The summed E-state index contributed by atoms with van der Waals surface area (Å²) in [5, 5.41) is 3.60. The summed E-state index contributed by atoms with van der Waals surface area (Å²) < 4.78 is 11.1. The second kappa shape index (κ2) is 7.26. The standard InChI is InChI=1S/C20H22N4O3/c1-13-16(19(25)23-14-8-4-5-9-15(14)26-2)17-18(21-12-22-20(17)27-13)24-10-6-3-7-11-24/h4-5,8-9,12H,3,6-7,10-11H2,1-2H3,(H,23,25). The number of benzene rings is 1. The topological polar surface area (TPSA) is 80.5 Å². The Hall–Kier alpha value is -3.09. The first-order valence-corrected chi connectivity index (χ1v) is 9.12. The number of anilines is 2. The molecule has 4 rings (SSSR count). The number of methoxy groups -OCH3 is 1. The molecule has 1 aliphatic heterocycles. The summed E-state index contributed by atoms with van der Waals surface area (Å²) >= 11 is 0. The van der Waals surface area contributed by atoms with Gasteiger partial charge in [0.25, 0.3) is 5.91 Å². The molecule has 0 bridgehead atoms. The van der Waals surface area contributed by atoms with Gasteiger partial charge in [0, 0.05) is 13.1 Å². The van der Waals surface area contributed by atoms with E-state index in [1.54, 1.807) is 26.2 Å². The number of ether oxygens (including phenoxy) is 1. The van der Waals surface area contributed by atoms with E-state index >= 15 is 0 Å². The maximum atomic E-state index is 13.1. The number of carbonyl (C=O) groups excluding carboxylic acids is 1. The summed E-state index contributed by atoms with van der Waals surface area (Å²) in [6.07, 6.45) is 4.95. The molecular weight excluding hydrogens is 344 g/mol. The predicted octanol–water partition coefficient (Wildman–Crippen LogP) is 3.78. The Morgan fingerprint density at radius 3 is 2.74 bits per heavy atom. The van der Waals surface area contributed by atoms with Crippen LogP contribution in [0.1, 0.15) is 35.4 Å². The molecule has 2 aromatic heterocycles. The fourth-order valence-corrected chi connectivity index (χ4v) is 3.58. The van der Waals surface area contributed by atoms with Gasteiger partial charge in [0.2, 0.25) is 5.71 Å². The van der Waals surface area contributed by atoms with Crippen molar-refractivity contribution in [3.8, 4) is 5.75 Å². The third kappa shape index (κ3) is 3.20. The zero-order chi connectivity index (χ0) is 18.8. The molecule has 0 saturated carbocycles. The summed E-state index contributed by atoms with van der Waals surface area (Å²) in [7, 11) is 1.58. The van der Waals surface area contributed by atoms with Crippen molar-refractivity contribution in [1.29, 1.82) is 0 Å². The smallest absolute Gasteiger partial charge is 0.260 e. The highest BCUT2D eigenvalue weighted by Crippen LogP contribution is 2.33. The maximum absolute atomic E-state index is 13.1. The van der Waals surface area contributed by atoms with E-state index < -0.39 is 0 Å². The van der Waals surface area contributed by atoms with E-state index in [0.717, 1.165) is 31.7 Å². The average Bonchev–Trinajstić information content (AvgIpc) is 3.05. The molecule has 0 aliphatic carbocycles. The molecule has 7 nitrogen and oxygen atoms in total. The Morgan fingerprint density at radius 1 is 1.19 bits per heavy atom. The lowest BCUT2D eigenvalue weighted by atomic mass is 10.1. The van der Waals surface area contributed by atoms with Gasteiger partial charge in [0.05, 0.1) is 23.7 Å². The summed E-state index contributed by atoms with van der Waals surface area (Å²) in [6.45, 7) is 3.62. The van der Waals surface area contributed by atoms with Gasteiger partial charge < -0.3 is 19.4 Å². The lowest BCUT2D eigenvalue weighted by Gasteiger charge is -2.28. The quantitative estimate of drug-likeness (QED) is 0.757. The average molecular weight is 366 g/mol. The minimum Gasteiger partial charge on any atom is -0.495 e. The molecule has 1 aromatic carbocycles. The summed E-state index contributed by atoms with van der Waals surface area (Å²) in [6, 6.07) is 7.31. The first kappa shape index (κ1) is 17.3. The summed E-state index contributed by atoms with van der Waals surface area (Å²) in [4.78, 5) is 24.0. The molecule has 0 atom stereocenters. The highest BCUT2D eigenvalue weighted by molar-refractivity contribution is 6.15. The summed E-state index contributed by atoms with van der Waals surface area (Å²) in [5.41, 5.74) is 1.51. The van der Waals surface area contributed by atoms with Crippen LogP contribution in [-0.2, 0) is 0 Å². The van der Waals surface area contributed by atoms with Gasteiger partial charge in [-0.25, -0.2) is 9.97 Å². The number of hydrogen-bond donors (Lipinski definition) is 1. The van der Waals surface area contributed by atoms with Crippen molar-refractivity contribution < 1.29 is 13.9 Å². The number of piperidine rings is 1. The van der Waals surface area contributed by atoms with Crippen LogP contribution in [0.4, 0.5) is 11.5 Å². The van der Waals surface area contributed by atoms with E-state index in [9.17, 15) is 4.79 Å². The molecule has 1 saturated heterocycles. The predicted molar refractivity (Wildman–Crippen MR) is 104 cm³/mol. The second-order valence-electron chi connectivity index (χ2n) is 6.61. The first-order chi connectivity index (χ1) is 13.2. The van der Waals surface area contributed by atoms with E-state index in [-0.39, 0.29) is 5.91 Å². The minimum absolute atomic E-state index is 0.260. The number of fused-ring (bicyclic) bond motifs is 1. The van der Waals surface area contributed by atoms with Crippen LogP contribution < -0.4 is 15.0 Å². The van der Waals surface area contributed by atoms with Crippen molar-refractivity contribution in [2.45, 2.75) is 26.2 Å². The molecular formula is C20H22N4O3. The third-order valence-electron chi connectivity index (χ3n) is 4.88. The molecule has 140 valence electrons. The number of carbonyl (C=O) groups is 1. The Kier molecular flexibility index (Phi) is 4.66. The normalized spacial score (nSPS) is 14.4. The first-order valence-electron chi connectivity index (χ1n) is 9.12. The van der Waals surface area contributed by atoms with Gasteiger partial charge in [0.1, 0.15) is 23.7 Å². The molecule has 1 fully saturated rings. The molecule has 1 N–H and O–H groups in total. The Labute approximate surface area is 157 Å².